The smallest absolute Gasteiger partial charge is 0.341 e. The van der Waals surface area contributed by atoms with Crippen molar-refractivity contribution in [2.45, 2.75) is 26.7 Å². The van der Waals surface area contributed by atoms with Gasteiger partial charge in [0.05, 0.1) is 33.4 Å². The number of hydrogen-bond donors (Lipinski definition) is 0. The molecule has 0 aliphatic rings. The number of nitrogens with zero attached hydrogens (tertiary/aromatic N) is 2. The Hall–Kier alpha value is -2.39. The van der Waals surface area contributed by atoms with Crippen LogP contribution in [0.1, 0.15) is 35.0 Å². The number of aromatic nitrogens is 1. The van der Waals surface area contributed by atoms with Crippen molar-refractivity contribution in [1.82, 2.24) is 4.98 Å². The largest absolute Gasteiger partial charge is 0.462 e. The SMILES string of the molecule is CCOC(=O)c1c(C)nc2c(F)c(-c3cccc(Cl)c3Cl)c(CCC#N)cc2c1Cl. The molecule has 30 heavy (non-hydrogen) atoms. The van der Waals surface area contributed by atoms with Crippen molar-refractivity contribution < 1.29 is 13.9 Å². The Morgan fingerprint density at radius 2 is 2.00 bits per heavy atom. The Balaban J connectivity index is 2.39. The molecule has 4 nitrogen and oxygen atoms in total. The van der Waals surface area contributed by atoms with Gasteiger partial charge in [-0.1, -0.05) is 46.9 Å². The van der Waals surface area contributed by atoms with Crippen LogP contribution in [-0.4, -0.2) is 17.6 Å². The second kappa shape index (κ2) is 9.18. The molecule has 0 N–H and O–H groups in total. The number of esters is 1. The van der Waals surface area contributed by atoms with E-state index in [-0.39, 0.29) is 62.2 Å². The summed E-state index contributed by atoms with van der Waals surface area (Å²) < 4.78 is 20.8. The number of pyridine rings is 1. The molecule has 0 radical (unpaired) electrons. The fourth-order valence-corrected chi connectivity index (χ4v) is 4.06. The fraction of sp³-hybridized carbons (Fsp3) is 0.227. The van der Waals surface area contributed by atoms with Gasteiger partial charge in [0.2, 0.25) is 0 Å². The predicted molar refractivity (Wildman–Crippen MR) is 117 cm³/mol. The number of rotatable bonds is 5. The number of halogens is 4. The van der Waals surface area contributed by atoms with Gasteiger partial charge in [-0.05, 0) is 38.0 Å². The number of ether oxygens (including phenoxy) is 1. The van der Waals surface area contributed by atoms with E-state index in [1.165, 1.54) is 0 Å². The van der Waals surface area contributed by atoms with Crippen molar-refractivity contribution >= 4 is 51.7 Å². The number of carbonyl (C=O) groups excluding carboxylic acids is 1. The molecule has 3 rings (SSSR count). The highest BCUT2D eigenvalue weighted by Crippen LogP contribution is 2.41. The summed E-state index contributed by atoms with van der Waals surface area (Å²) in [5.41, 5.74) is 1.44. The Morgan fingerprint density at radius 1 is 1.27 bits per heavy atom. The molecule has 0 aliphatic carbocycles. The first kappa shape index (κ1) is 22.3. The molecule has 0 amide bonds. The summed E-state index contributed by atoms with van der Waals surface area (Å²) in [6.07, 6.45) is 0.401. The number of aryl methyl sites for hydroxylation is 2. The molecule has 1 aromatic heterocycles. The molecule has 0 aliphatic heterocycles. The van der Waals surface area contributed by atoms with Crippen molar-refractivity contribution in [3.8, 4) is 17.2 Å². The predicted octanol–water partition coefficient (Wildman–Crippen LogP) is 6.94. The minimum absolute atomic E-state index is 0.00250. The third-order valence-electron chi connectivity index (χ3n) is 4.63. The standard InChI is InChI=1S/C22H16Cl3FN2O2/c1-3-30-22(29)16-11(2)28-21-14(19(16)25)10-12(6-5-9-27)17(20(21)26)13-7-4-8-15(23)18(13)24/h4,7-8,10H,3,5-6H2,1-2H3. The molecule has 1 heterocycles. The molecule has 2 aromatic carbocycles. The lowest BCUT2D eigenvalue weighted by Gasteiger charge is -2.17. The van der Waals surface area contributed by atoms with E-state index in [2.05, 4.69) is 11.1 Å². The van der Waals surface area contributed by atoms with Gasteiger partial charge in [0.1, 0.15) is 11.1 Å². The van der Waals surface area contributed by atoms with Gasteiger partial charge >= 0.3 is 5.97 Å². The maximum atomic E-state index is 15.8. The van der Waals surface area contributed by atoms with E-state index in [1.54, 1.807) is 38.1 Å². The third kappa shape index (κ3) is 3.96. The van der Waals surface area contributed by atoms with E-state index in [0.29, 0.717) is 11.1 Å². The normalized spacial score (nSPS) is 10.8. The van der Waals surface area contributed by atoms with Gasteiger partial charge in [-0.25, -0.2) is 14.2 Å². The zero-order chi connectivity index (χ0) is 22.0. The highest BCUT2D eigenvalue weighted by atomic mass is 35.5. The van der Waals surface area contributed by atoms with Gasteiger partial charge in [-0.2, -0.15) is 5.26 Å². The highest BCUT2D eigenvalue weighted by Gasteiger charge is 2.25. The summed E-state index contributed by atoms with van der Waals surface area (Å²) in [4.78, 5) is 16.6. The second-order valence-electron chi connectivity index (χ2n) is 6.49. The zero-order valence-corrected chi connectivity index (χ0v) is 18.4. The number of carbonyl (C=O) groups is 1. The summed E-state index contributed by atoms with van der Waals surface area (Å²) in [6, 6.07) is 8.61. The van der Waals surface area contributed by atoms with E-state index in [4.69, 9.17) is 44.8 Å². The van der Waals surface area contributed by atoms with E-state index in [0.717, 1.165) is 0 Å². The summed E-state index contributed by atoms with van der Waals surface area (Å²) >= 11 is 19.0. The summed E-state index contributed by atoms with van der Waals surface area (Å²) in [6.45, 7) is 3.41. The Morgan fingerprint density at radius 3 is 2.67 bits per heavy atom. The Kier molecular flexibility index (Phi) is 6.82. The van der Waals surface area contributed by atoms with Crippen molar-refractivity contribution in [1.29, 1.82) is 5.26 Å². The van der Waals surface area contributed by atoms with Crippen LogP contribution in [0.15, 0.2) is 24.3 Å². The topological polar surface area (TPSA) is 63.0 Å². The molecular formula is C22H16Cl3FN2O2. The molecular weight excluding hydrogens is 450 g/mol. The van der Waals surface area contributed by atoms with Crippen LogP contribution in [0.4, 0.5) is 4.39 Å². The third-order valence-corrected chi connectivity index (χ3v) is 5.84. The van der Waals surface area contributed by atoms with E-state index in [9.17, 15) is 4.79 Å². The molecule has 0 spiro atoms. The van der Waals surface area contributed by atoms with Gasteiger partial charge in [0.25, 0.3) is 0 Å². The first-order chi connectivity index (χ1) is 14.3. The van der Waals surface area contributed by atoms with E-state index >= 15 is 4.39 Å². The average molecular weight is 466 g/mol. The monoisotopic (exact) mass is 464 g/mol. The molecule has 154 valence electrons. The first-order valence-electron chi connectivity index (χ1n) is 9.11. The van der Waals surface area contributed by atoms with Gasteiger partial charge in [-0.15, -0.1) is 0 Å². The summed E-state index contributed by atoms with van der Waals surface area (Å²) in [5, 5.41) is 9.83. The lowest BCUT2D eigenvalue weighted by atomic mass is 9.93. The minimum Gasteiger partial charge on any atom is -0.462 e. The maximum Gasteiger partial charge on any atom is 0.341 e. The van der Waals surface area contributed by atoms with Crippen LogP contribution in [0, 0.1) is 24.1 Å². The molecule has 0 bridgehead atoms. The van der Waals surface area contributed by atoms with Crippen molar-refractivity contribution in [3.05, 3.63) is 62.0 Å². The van der Waals surface area contributed by atoms with Gasteiger partial charge in [0, 0.05) is 22.9 Å². The molecule has 8 heteroatoms. The number of nitriles is 1. The summed E-state index contributed by atoms with van der Waals surface area (Å²) in [5.74, 6) is -1.28. The van der Waals surface area contributed by atoms with E-state index in [1.807, 2.05) is 0 Å². The molecule has 0 saturated carbocycles. The number of fused-ring (bicyclic) bond motifs is 1. The van der Waals surface area contributed by atoms with Crippen LogP contribution >= 0.6 is 34.8 Å². The molecule has 0 unspecified atom stereocenters. The van der Waals surface area contributed by atoms with Crippen LogP contribution in [0.5, 0.6) is 0 Å². The molecule has 3 aromatic rings. The van der Waals surface area contributed by atoms with Gasteiger partial charge in [0.15, 0.2) is 5.82 Å². The molecule has 0 saturated heterocycles. The Labute approximate surface area is 188 Å². The van der Waals surface area contributed by atoms with Crippen molar-refractivity contribution in [2.75, 3.05) is 6.61 Å². The first-order valence-corrected chi connectivity index (χ1v) is 10.2. The van der Waals surface area contributed by atoms with E-state index < -0.39 is 11.8 Å². The van der Waals surface area contributed by atoms with Gasteiger partial charge < -0.3 is 4.74 Å². The zero-order valence-electron chi connectivity index (χ0n) is 16.2. The van der Waals surface area contributed by atoms with Crippen LogP contribution in [0.25, 0.3) is 22.0 Å². The van der Waals surface area contributed by atoms with Crippen LogP contribution < -0.4 is 0 Å². The lowest BCUT2D eigenvalue weighted by Crippen LogP contribution is -2.10. The number of hydrogen-bond acceptors (Lipinski definition) is 4. The van der Waals surface area contributed by atoms with Crippen molar-refractivity contribution in [3.63, 3.8) is 0 Å². The molecule has 0 atom stereocenters. The average Bonchev–Trinajstić information content (AvgIpc) is 2.70. The number of benzene rings is 2. The summed E-state index contributed by atoms with van der Waals surface area (Å²) in [7, 11) is 0. The highest BCUT2D eigenvalue weighted by molar-refractivity contribution is 6.44. The molecule has 0 fully saturated rings. The van der Waals surface area contributed by atoms with Crippen LogP contribution in [0.3, 0.4) is 0 Å². The fourth-order valence-electron chi connectivity index (χ4n) is 3.30. The second-order valence-corrected chi connectivity index (χ2v) is 7.65. The van der Waals surface area contributed by atoms with Gasteiger partial charge in [-0.3, -0.25) is 0 Å². The van der Waals surface area contributed by atoms with Crippen LogP contribution in [0.2, 0.25) is 15.1 Å². The van der Waals surface area contributed by atoms with Crippen LogP contribution in [-0.2, 0) is 11.2 Å². The minimum atomic E-state index is -0.648. The maximum absolute atomic E-state index is 15.8. The van der Waals surface area contributed by atoms with Crippen molar-refractivity contribution in [2.24, 2.45) is 0 Å². The Bertz CT molecular complexity index is 1210. The lowest BCUT2D eigenvalue weighted by molar-refractivity contribution is 0.0525. The quantitative estimate of drug-likeness (QED) is 0.383.